The molecule has 1 aliphatic heterocycles. The molecular weight excluding hydrogens is 212 g/mol. The topological polar surface area (TPSA) is 46.5 Å². The van der Waals surface area contributed by atoms with Gasteiger partial charge < -0.3 is 9.84 Å². The second-order valence-corrected chi connectivity index (χ2v) is 5.84. The Hall–Kier alpha value is -0.220. The van der Waals surface area contributed by atoms with Gasteiger partial charge in [-0.25, -0.2) is 4.79 Å². The maximum atomic E-state index is 11.1. The third kappa shape index (κ3) is 2.88. The summed E-state index contributed by atoms with van der Waals surface area (Å²) in [4.78, 5) is 11.1. The first-order chi connectivity index (χ1) is 7.00. The molecule has 0 bridgehead atoms. The molecular formula is C11H20O3S. The van der Waals surface area contributed by atoms with Gasteiger partial charge in [0.25, 0.3) is 0 Å². The van der Waals surface area contributed by atoms with Gasteiger partial charge >= 0.3 is 5.97 Å². The van der Waals surface area contributed by atoms with Crippen molar-refractivity contribution < 1.29 is 14.6 Å². The average molecular weight is 232 g/mol. The summed E-state index contributed by atoms with van der Waals surface area (Å²) in [6, 6.07) is 0. The number of carboxylic acid groups (broad SMARTS) is 1. The quantitative estimate of drug-likeness (QED) is 0.807. The van der Waals surface area contributed by atoms with Crippen LogP contribution in [-0.2, 0) is 9.53 Å². The number of hydrogen-bond acceptors (Lipinski definition) is 3. The minimum atomic E-state index is -0.849. The molecule has 2 atom stereocenters. The van der Waals surface area contributed by atoms with Gasteiger partial charge in [0.1, 0.15) is 0 Å². The van der Waals surface area contributed by atoms with Gasteiger partial charge in [-0.2, -0.15) is 11.8 Å². The van der Waals surface area contributed by atoms with E-state index in [4.69, 9.17) is 9.84 Å². The fourth-order valence-electron chi connectivity index (χ4n) is 2.26. The van der Waals surface area contributed by atoms with E-state index in [2.05, 4.69) is 0 Å². The molecule has 0 saturated carbocycles. The Morgan fingerprint density at radius 1 is 1.60 bits per heavy atom. The van der Waals surface area contributed by atoms with E-state index >= 15 is 0 Å². The predicted octanol–water partition coefficient (Wildman–Crippen LogP) is 2.26. The third-order valence-corrected chi connectivity index (χ3v) is 4.56. The lowest BCUT2D eigenvalue weighted by Crippen LogP contribution is -2.44. The third-order valence-electron chi connectivity index (χ3n) is 3.35. The standard InChI is InChI=1S/C11H20O3S/c1-11(2,9(14-3)10(12)13)8-5-4-6-15-7-8/h8-9H,4-7H2,1-3H3,(H,12,13). The van der Waals surface area contributed by atoms with E-state index in [1.54, 1.807) is 0 Å². The number of methoxy groups -OCH3 is 1. The van der Waals surface area contributed by atoms with Gasteiger partial charge in [-0.05, 0) is 30.3 Å². The van der Waals surface area contributed by atoms with Gasteiger partial charge in [0.2, 0.25) is 0 Å². The summed E-state index contributed by atoms with van der Waals surface area (Å²) >= 11 is 1.92. The number of carboxylic acids is 1. The van der Waals surface area contributed by atoms with Crippen LogP contribution in [0.25, 0.3) is 0 Å². The summed E-state index contributed by atoms with van der Waals surface area (Å²) in [6.45, 7) is 4.01. The Labute approximate surface area is 95.6 Å². The minimum absolute atomic E-state index is 0.284. The monoisotopic (exact) mass is 232 g/mol. The molecule has 1 aliphatic rings. The van der Waals surface area contributed by atoms with Crippen molar-refractivity contribution in [1.82, 2.24) is 0 Å². The second kappa shape index (κ2) is 5.21. The van der Waals surface area contributed by atoms with Crippen molar-refractivity contribution in [3.8, 4) is 0 Å². The highest BCUT2D eigenvalue weighted by Gasteiger charge is 2.42. The van der Waals surface area contributed by atoms with E-state index in [1.807, 2.05) is 25.6 Å². The average Bonchev–Trinajstić information content (AvgIpc) is 2.19. The summed E-state index contributed by atoms with van der Waals surface area (Å²) in [5, 5.41) is 9.11. The highest BCUT2D eigenvalue weighted by Crippen LogP contribution is 2.40. The van der Waals surface area contributed by atoms with Crippen molar-refractivity contribution in [2.45, 2.75) is 32.8 Å². The molecule has 1 rings (SSSR count). The number of hydrogen-bond donors (Lipinski definition) is 1. The summed E-state index contributed by atoms with van der Waals surface area (Å²) in [7, 11) is 1.48. The Morgan fingerprint density at radius 3 is 2.67 bits per heavy atom. The van der Waals surface area contributed by atoms with Crippen molar-refractivity contribution in [1.29, 1.82) is 0 Å². The van der Waals surface area contributed by atoms with E-state index in [0.29, 0.717) is 5.92 Å². The smallest absolute Gasteiger partial charge is 0.333 e. The lowest BCUT2D eigenvalue weighted by atomic mass is 9.73. The molecule has 0 amide bonds. The molecule has 15 heavy (non-hydrogen) atoms. The second-order valence-electron chi connectivity index (χ2n) is 4.69. The molecule has 0 aromatic rings. The first kappa shape index (κ1) is 12.8. The van der Waals surface area contributed by atoms with Crippen LogP contribution in [0, 0.1) is 11.3 Å². The molecule has 88 valence electrons. The van der Waals surface area contributed by atoms with Crippen LogP contribution in [0.4, 0.5) is 0 Å². The molecule has 3 nitrogen and oxygen atoms in total. The largest absolute Gasteiger partial charge is 0.479 e. The number of aliphatic carboxylic acids is 1. The Kier molecular flexibility index (Phi) is 4.46. The lowest BCUT2D eigenvalue weighted by Gasteiger charge is -2.39. The maximum absolute atomic E-state index is 11.1. The van der Waals surface area contributed by atoms with Gasteiger partial charge in [0.15, 0.2) is 6.10 Å². The molecule has 1 saturated heterocycles. The van der Waals surface area contributed by atoms with Gasteiger partial charge in [-0.3, -0.25) is 0 Å². The summed E-state index contributed by atoms with van der Waals surface area (Å²) in [6.07, 6.45) is 1.61. The zero-order valence-corrected chi connectivity index (χ0v) is 10.5. The Bertz CT molecular complexity index is 222. The lowest BCUT2D eigenvalue weighted by molar-refractivity contribution is -0.158. The van der Waals surface area contributed by atoms with Crippen LogP contribution in [0.15, 0.2) is 0 Å². The van der Waals surface area contributed by atoms with Crippen LogP contribution in [-0.4, -0.2) is 35.8 Å². The number of rotatable bonds is 4. The van der Waals surface area contributed by atoms with E-state index in [1.165, 1.54) is 19.3 Å². The minimum Gasteiger partial charge on any atom is -0.479 e. The predicted molar refractivity (Wildman–Crippen MR) is 62.3 cm³/mol. The van der Waals surface area contributed by atoms with Crippen LogP contribution in [0.5, 0.6) is 0 Å². The number of thioether (sulfide) groups is 1. The first-order valence-corrected chi connectivity index (χ1v) is 6.49. The molecule has 0 radical (unpaired) electrons. The zero-order chi connectivity index (χ0) is 11.5. The van der Waals surface area contributed by atoms with E-state index in [9.17, 15) is 4.79 Å². The Morgan fingerprint density at radius 2 is 2.27 bits per heavy atom. The Balaban J connectivity index is 2.73. The van der Waals surface area contributed by atoms with Gasteiger partial charge in [-0.1, -0.05) is 13.8 Å². The fraction of sp³-hybridized carbons (Fsp3) is 0.909. The van der Waals surface area contributed by atoms with Crippen molar-refractivity contribution >= 4 is 17.7 Å². The van der Waals surface area contributed by atoms with E-state index in [-0.39, 0.29) is 5.41 Å². The molecule has 0 aromatic carbocycles. The van der Waals surface area contributed by atoms with Crippen LogP contribution in [0.1, 0.15) is 26.7 Å². The van der Waals surface area contributed by atoms with Gasteiger partial charge in [0, 0.05) is 12.5 Å². The van der Waals surface area contributed by atoms with Crippen molar-refractivity contribution in [3.63, 3.8) is 0 Å². The van der Waals surface area contributed by atoms with Crippen molar-refractivity contribution in [2.24, 2.45) is 11.3 Å². The number of carbonyl (C=O) groups is 1. The van der Waals surface area contributed by atoms with Crippen LogP contribution in [0.2, 0.25) is 0 Å². The van der Waals surface area contributed by atoms with E-state index < -0.39 is 12.1 Å². The summed E-state index contributed by atoms with van der Waals surface area (Å²) < 4.78 is 5.12. The molecule has 1 N–H and O–H groups in total. The molecule has 0 aromatic heterocycles. The molecule has 1 fully saturated rings. The summed E-state index contributed by atoms with van der Waals surface area (Å²) in [5.41, 5.74) is -0.284. The summed E-state index contributed by atoms with van der Waals surface area (Å²) in [5.74, 6) is 1.85. The maximum Gasteiger partial charge on any atom is 0.333 e. The molecule has 4 heteroatoms. The first-order valence-electron chi connectivity index (χ1n) is 5.33. The molecule has 1 heterocycles. The zero-order valence-electron chi connectivity index (χ0n) is 9.66. The van der Waals surface area contributed by atoms with Crippen molar-refractivity contribution in [2.75, 3.05) is 18.6 Å². The SMILES string of the molecule is COC(C(=O)O)C(C)(C)C1CCCSC1. The van der Waals surface area contributed by atoms with Gasteiger partial charge in [-0.15, -0.1) is 0 Å². The highest BCUT2D eigenvalue weighted by molar-refractivity contribution is 7.99. The van der Waals surface area contributed by atoms with Crippen molar-refractivity contribution in [3.05, 3.63) is 0 Å². The molecule has 2 unspecified atom stereocenters. The number of ether oxygens (including phenoxy) is 1. The van der Waals surface area contributed by atoms with Gasteiger partial charge in [0.05, 0.1) is 0 Å². The fourth-order valence-corrected chi connectivity index (χ4v) is 3.68. The van der Waals surface area contributed by atoms with E-state index in [0.717, 1.165) is 12.2 Å². The highest BCUT2D eigenvalue weighted by atomic mass is 32.2. The van der Waals surface area contributed by atoms with Crippen LogP contribution < -0.4 is 0 Å². The molecule has 0 spiro atoms. The molecule has 0 aliphatic carbocycles. The van der Waals surface area contributed by atoms with Crippen LogP contribution in [0.3, 0.4) is 0 Å². The normalized spacial score (nSPS) is 24.9. The van der Waals surface area contributed by atoms with Crippen LogP contribution >= 0.6 is 11.8 Å².